The van der Waals surface area contributed by atoms with E-state index in [1.165, 1.54) is 32.6 Å². The molecular weight excluding hydrogens is 190 g/mol. The fraction of sp³-hybridized carbons (Fsp3) is 0.833. The summed E-state index contributed by atoms with van der Waals surface area (Å²) < 4.78 is 0. The maximum absolute atomic E-state index is 11.3. The average molecular weight is 209 g/mol. The number of fused-ring (bicyclic) bond motifs is 2. The van der Waals surface area contributed by atoms with E-state index >= 15 is 0 Å². The van der Waals surface area contributed by atoms with Crippen LogP contribution in [0.4, 0.5) is 0 Å². The molecule has 0 aromatic heterocycles. The fourth-order valence-electron chi connectivity index (χ4n) is 3.16. The molecule has 2 bridgehead atoms. The van der Waals surface area contributed by atoms with Gasteiger partial charge in [-0.05, 0) is 43.9 Å². The molecule has 0 radical (unpaired) electrons. The van der Waals surface area contributed by atoms with Crippen LogP contribution in [0.2, 0.25) is 0 Å². The van der Waals surface area contributed by atoms with E-state index in [1.807, 2.05) is 0 Å². The van der Waals surface area contributed by atoms with E-state index in [0.717, 1.165) is 18.4 Å². The molecule has 0 aromatic carbocycles. The van der Waals surface area contributed by atoms with Crippen LogP contribution >= 0.6 is 0 Å². The van der Waals surface area contributed by atoms with Gasteiger partial charge in [0.2, 0.25) is 5.91 Å². The lowest BCUT2D eigenvalue weighted by molar-refractivity contribution is -0.127. The third-order valence-electron chi connectivity index (χ3n) is 3.86. The Morgan fingerprint density at radius 3 is 2.60 bits per heavy atom. The number of ketones is 1. The molecule has 1 amide bonds. The molecule has 15 heavy (non-hydrogen) atoms. The Bertz CT molecular complexity index is 275. The van der Waals surface area contributed by atoms with Crippen LogP contribution in [0.25, 0.3) is 0 Å². The van der Waals surface area contributed by atoms with Gasteiger partial charge in [-0.1, -0.05) is 6.42 Å². The van der Waals surface area contributed by atoms with Gasteiger partial charge in [0.25, 0.3) is 0 Å². The van der Waals surface area contributed by atoms with Gasteiger partial charge in [-0.2, -0.15) is 0 Å². The number of rotatable bonds is 4. The number of nitrogens with one attached hydrogen (secondary N) is 1. The molecule has 3 nitrogen and oxygen atoms in total. The van der Waals surface area contributed by atoms with Crippen LogP contribution in [0.5, 0.6) is 0 Å². The van der Waals surface area contributed by atoms with Gasteiger partial charge in [0.15, 0.2) is 0 Å². The van der Waals surface area contributed by atoms with Crippen molar-refractivity contribution < 1.29 is 9.59 Å². The van der Waals surface area contributed by atoms with Gasteiger partial charge in [0.1, 0.15) is 5.78 Å². The molecule has 1 N–H and O–H groups in total. The zero-order valence-corrected chi connectivity index (χ0v) is 9.29. The molecule has 3 atom stereocenters. The van der Waals surface area contributed by atoms with Gasteiger partial charge >= 0.3 is 0 Å². The SMILES string of the molecule is CC(=O)CC(=O)NC[C@H]1C[C@H]2CC[C@H]1C2. The van der Waals surface area contributed by atoms with Crippen molar-refractivity contribution in [3.8, 4) is 0 Å². The minimum absolute atomic E-state index is 0.0425. The summed E-state index contributed by atoms with van der Waals surface area (Å²) in [4.78, 5) is 22.0. The number of Topliss-reactive ketones (excluding diaryl/α,β-unsaturated/α-hetero) is 1. The summed E-state index contributed by atoms with van der Waals surface area (Å²) in [6.07, 6.45) is 5.43. The topological polar surface area (TPSA) is 46.2 Å². The van der Waals surface area contributed by atoms with Crippen LogP contribution in [0.15, 0.2) is 0 Å². The van der Waals surface area contributed by atoms with Gasteiger partial charge in [0.05, 0.1) is 6.42 Å². The molecule has 2 saturated carbocycles. The molecule has 0 saturated heterocycles. The van der Waals surface area contributed by atoms with E-state index in [-0.39, 0.29) is 18.1 Å². The molecule has 2 fully saturated rings. The Labute approximate surface area is 90.6 Å². The second-order valence-corrected chi connectivity index (χ2v) is 5.12. The fourth-order valence-corrected chi connectivity index (χ4v) is 3.16. The van der Waals surface area contributed by atoms with Gasteiger partial charge in [0, 0.05) is 6.54 Å². The van der Waals surface area contributed by atoms with Crippen molar-refractivity contribution >= 4 is 11.7 Å². The molecule has 0 unspecified atom stereocenters. The van der Waals surface area contributed by atoms with Gasteiger partial charge < -0.3 is 5.32 Å². The molecule has 2 aliphatic carbocycles. The van der Waals surface area contributed by atoms with E-state index in [0.29, 0.717) is 5.92 Å². The Morgan fingerprint density at radius 2 is 2.07 bits per heavy atom. The van der Waals surface area contributed by atoms with Crippen LogP contribution in [0.1, 0.15) is 39.0 Å². The zero-order chi connectivity index (χ0) is 10.8. The third-order valence-corrected chi connectivity index (χ3v) is 3.86. The monoisotopic (exact) mass is 209 g/mol. The van der Waals surface area contributed by atoms with E-state index < -0.39 is 0 Å². The second-order valence-electron chi connectivity index (χ2n) is 5.12. The highest BCUT2D eigenvalue weighted by atomic mass is 16.2. The zero-order valence-electron chi connectivity index (χ0n) is 9.29. The van der Waals surface area contributed by atoms with E-state index in [4.69, 9.17) is 0 Å². The predicted octanol–water partition coefficient (Wildman–Crippen LogP) is 1.52. The maximum atomic E-state index is 11.3. The third kappa shape index (κ3) is 2.58. The number of carbonyl (C=O) groups is 2. The molecule has 84 valence electrons. The summed E-state index contributed by atoms with van der Waals surface area (Å²) in [6.45, 7) is 2.24. The Morgan fingerprint density at radius 1 is 1.27 bits per heavy atom. The van der Waals surface area contributed by atoms with Crippen molar-refractivity contribution in [1.82, 2.24) is 5.32 Å². The molecule has 0 aliphatic heterocycles. The van der Waals surface area contributed by atoms with Gasteiger partial charge in [-0.25, -0.2) is 0 Å². The van der Waals surface area contributed by atoms with Crippen molar-refractivity contribution in [1.29, 1.82) is 0 Å². The van der Waals surface area contributed by atoms with Crippen molar-refractivity contribution in [2.75, 3.05) is 6.54 Å². The number of amides is 1. The molecule has 2 aliphatic rings. The number of carbonyl (C=O) groups excluding carboxylic acids is 2. The summed E-state index contributed by atoms with van der Waals surface area (Å²) >= 11 is 0. The highest BCUT2D eigenvalue weighted by molar-refractivity contribution is 5.96. The van der Waals surface area contributed by atoms with Crippen LogP contribution in [0, 0.1) is 17.8 Å². The minimum atomic E-state index is -0.106. The highest BCUT2D eigenvalue weighted by Crippen LogP contribution is 2.47. The van der Waals surface area contributed by atoms with E-state index in [1.54, 1.807) is 0 Å². The smallest absolute Gasteiger partial charge is 0.227 e. The Balaban J connectivity index is 1.70. The van der Waals surface area contributed by atoms with Crippen molar-refractivity contribution in [3.63, 3.8) is 0 Å². The molecular formula is C12H19NO2. The first-order valence-corrected chi connectivity index (χ1v) is 5.91. The Kier molecular flexibility index (Phi) is 3.08. The maximum Gasteiger partial charge on any atom is 0.227 e. The first-order chi connectivity index (χ1) is 7.15. The molecule has 0 aromatic rings. The lowest BCUT2D eigenvalue weighted by Crippen LogP contribution is -2.32. The van der Waals surface area contributed by atoms with Crippen LogP contribution < -0.4 is 5.32 Å². The first-order valence-electron chi connectivity index (χ1n) is 5.91. The van der Waals surface area contributed by atoms with Crippen LogP contribution in [-0.2, 0) is 9.59 Å². The largest absolute Gasteiger partial charge is 0.355 e. The van der Waals surface area contributed by atoms with Crippen molar-refractivity contribution in [2.24, 2.45) is 17.8 Å². The quantitative estimate of drug-likeness (QED) is 0.713. The molecule has 0 heterocycles. The van der Waals surface area contributed by atoms with Crippen LogP contribution in [-0.4, -0.2) is 18.2 Å². The molecule has 0 spiro atoms. The number of hydrogen-bond donors (Lipinski definition) is 1. The molecule has 3 heteroatoms. The Hall–Kier alpha value is -0.860. The predicted molar refractivity (Wildman–Crippen MR) is 57.2 cm³/mol. The van der Waals surface area contributed by atoms with Gasteiger partial charge in [-0.15, -0.1) is 0 Å². The lowest BCUT2D eigenvalue weighted by Gasteiger charge is -2.21. The summed E-state index contributed by atoms with van der Waals surface area (Å²) in [5.74, 6) is 2.28. The van der Waals surface area contributed by atoms with Crippen molar-refractivity contribution in [2.45, 2.75) is 39.0 Å². The number of hydrogen-bond acceptors (Lipinski definition) is 2. The lowest BCUT2D eigenvalue weighted by atomic mass is 9.89. The summed E-state index contributed by atoms with van der Waals surface area (Å²) in [5, 5.41) is 2.88. The summed E-state index contributed by atoms with van der Waals surface area (Å²) in [7, 11) is 0. The average Bonchev–Trinajstić information content (AvgIpc) is 2.74. The first kappa shape index (κ1) is 10.7. The standard InChI is InChI=1S/C12H19NO2/c1-8(14)4-12(15)13-7-11-6-9-2-3-10(11)5-9/h9-11H,2-7H2,1H3,(H,13,15)/t9-,10-,11+/m0/s1. The second kappa shape index (κ2) is 4.33. The van der Waals surface area contributed by atoms with E-state index in [2.05, 4.69) is 5.32 Å². The highest BCUT2D eigenvalue weighted by Gasteiger charge is 2.39. The van der Waals surface area contributed by atoms with Crippen LogP contribution in [0.3, 0.4) is 0 Å². The normalized spacial score (nSPS) is 33.0. The summed E-state index contributed by atoms with van der Waals surface area (Å²) in [5.41, 5.74) is 0. The van der Waals surface area contributed by atoms with Gasteiger partial charge in [-0.3, -0.25) is 9.59 Å². The summed E-state index contributed by atoms with van der Waals surface area (Å²) in [6, 6.07) is 0. The molecule has 2 rings (SSSR count). The van der Waals surface area contributed by atoms with E-state index in [9.17, 15) is 9.59 Å². The minimum Gasteiger partial charge on any atom is -0.355 e. The van der Waals surface area contributed by atoms with Crippen molar-refractivity contribution in [3.05, 3.63) is 0 Å².